The Labute approximate surface area is 123 Å². The molecule has 0 heterocycles. The van der Waals surface area contributed by atoms with Gasteiger partial charge in [0.05, 0.1) is 0 Å². The Bertz CT molecular complexity index is 453. The highest BCUT2D eigenvalue weighted by molar-refractivity contribution is 5.27. The zero-order valence-corrected chi connectivity index (χ0v) is 13.3. The van der Waals surface area contributed by atoms with Crippen LogP contribution in [0.5, 0.6) is 0 Å². The largest absolute Gasteiger partial charge is 0.316 e. The lowest BCUT2D eigenvalue weighted by atomic mass is 9.65. The fourth-order valence-electron chi connectivity index (χ4n) is 3.84. The summed E-state index contributed by atoms with van der Waals surface area (Å²) in [5.41, 5.74) is 2.74. The van der Waals surface area contributed by atoms with Crippen LogP contribution in [0, 0.1) is 24.1 Å². The molecule has 2 heteroatoms. The van der Waals surface area contributed by atoms with E-state index in [-0.39, 0.29) is 5.82 Å². The summed E-state index contributed by atoms with van der Waals surface area (Å²) in [5, 5.41) is 3.52. The van der Waals surface area contributed by atoms with Crippen molar-refractivity contribution in [2.24, 2.45) is 11.3 Å². The van der Waals surface area contributed by atoms with Gasteiger partial charge in [-0.3, -0.25) is 0 Å². The molecule has 1 saturated carbocycles. The van der Waals surface area contributed by atoms with Crippen LogP contribution < -0.4 is 5.32 Å². The maximum absolute atomic E-state index is 13.2. The maximum Gasteiger partial charge on any atom is 0.123 e. The average molecular weight is 277 g/mol. The molecule has 1 nitrogen and oxygen atoms in total. The first-order valence-electron chi connectivity index (χ1n) is 7.86. The van der Waals surface area contributed by atoms with E-state index in [9.17, 15) is 4.39 Å². The molecule has 2 atom stereocenters. The Kier molecular flexibility index (Phi) is 4.85. The van der Waals surface area contributed by atoms with Crippen molar-refractivity contribution in [2.45, 2.75) is 58.9 Å². The number of rotatable bonds is 4. The Morgan fingerprint density at radius 3 is 2.70 bits per heavy atom. The molecule has 0 bridgehead atoms. The van der Waals surface area contributed by atoms with Crippen LogP contribution in [-0.2, 0) is 6.42 Å². The summed E-state index contributed by atoms with van der Waals surface area (Å²) >= 11 is 0. The molecule has 20 heavy (non-hydrogen) atoms. The lowest BCUT2D eigenvalue weighted by Crippen LogP contribution is -2.44. The molecule has 2 rings (SSSR count). The molecular formula is C18H28FN. The fourth-order valence-corrected chi connectivity index (χ4v) is 3.84. The topological polar surface area (TPSA) is 12.0 Å². The van der Waals surface area contributed by atoms with Crippen LogP contribution in [0.25, 0.3) is 0 Å². The fraction of sp³-hybridized carbons (Fsp3) is 0.667. The lowest BCUT2D eigenvalue weighted by Gasteiger charge is -2.43. The summed E-state index contributed by atoms with van der Waals surface area (Å²) in [7, 11) is 2.06. The quantitative estimate of drug-likeness (QED) is 0.855. The molecule has 112 valence electrons. The number of benzene rings is 1. The van der Waals surface area contributed by atoms with Crippen molar-refractivity contribution >= 4 is 0 Å². The third-order valence-electron chi connectivity index (χ3n) is 5.19. The van der Waals surface area contributed by atoms with Gasteiger partial charge in [-0.05, 0) is 67.8 Å². The zero-order chi connectivity index (χ0) is 14.8. The molecule has 1 aromatic rings. The van der Waals surface area contributed by atoms with E-state index in [0.717, 1.165) is 12.0 Å². The van der Waals surface area contributed by atoms with Crippen molar-refractivity contribution in [2.75, 3.05) is 7.05 Å². The van der Waals surface area contributed by atoms with E-state index in [4.69, 9.17) is 0 Å². The minimum absolute atomic E-state index is 0.134. The summed E-state index contributed by atoms with van der Waals surface area (Å²) in [6, 6.07) is 5.66. The number of halogens is 1. The first-order chi connectivity index (χ1) is 9.44. The number of hydrogen-bond acceptors (Lipinski definition) is 1. The van der Waals surface area contributed by atoms with Crippen molar-refractivity contribution in [3.63, 3.8) is 0 Å². The summed E-state index contributed by atoms with van der Waals surface area (Å²) in [5.74, 6) is 0.566. The lowest BCUT2D eigenvalue weighted by molar-refractivity contribution is 0.101. The molecule has 0 radical (unpaired) electrons. The third kappa shape index (κ3) is 3.41. The highest BCUT2D eigenvalue weighted by Crippen LogP contribution is 2.43. The van der Waals surface area contributed by atoms with E-state index in [1.807, 2.05) is 13.0 Å². The first kappa shape index (κ1) is 15.5. The molecule has 1 aliphatic carbocycles. The Balaban J connectivity index is 2.15. The van der Waals surface area contributed by atoms with Gasteiger partial charge in [-0.15, -0.1) is 0 Å². The average Bonchev–Trinajstić information content (AvgIpc) is 2.38. The highest BCUT2D eigenvalue weighted by Gasteiger charge is 2.36. The summed E-state index contributed by atoms with van der Waals surface area (Å²) in [6.07, 6.45) is 6.32. The SMILES string of the molecule is CNC(Cc1ccc(F)cc1C)C1CCCCC1(C)C. The van der Waals surface area contributed by atoms with E-state index >= 15 is 0 Å². The van der Waals surface area contributed by atoms with Crippen molar-refractivity contribution in [1.82, 2.24) is 5.32 Å². The van der Waals surface area contributed by atoms with E-state index in [1.165, 1.54) is 31.2 Å². The molecule has 0 aliphatic heterocycles. The standard InChI is InChI=1S/C18H28FN/c1-13-11-15(19)9-8-14(13)12-17(20-4)16-7-5-6-10-18(16,2)3/h8-9,11,16-17,20H,5-7,10,12H2,1-4H3. The molecule has 2 unspecified atom stereocenters. The van der Waals surface area contributed by atoms with E-state index in [2.05, 4.69) is 26.2 Å². The van der Waals surface area contributed by atoms with Crippen molar-refractivity contribution in [1.29, 1.82) is 0 Å². The van der Waals surface area contributed by atoms with Crippen LogP contribution in [-0.4, -0.2) is 13.1 Å². The van der Waals surface area contributed by atoms with Crippen LogP contribution in [0.15, 0.2) is 18.2 Å². The second kappa shape index (κ2) is 6.26. The van der Waals surface area contributed by atoms with E-state index in [1.54, 1.807) is 12.1 Å². The van der Waals surface area contributed by atoms with Gasteiger partial charge in [-0.25, -0.2) is 4.39 Å². The van der Waals surface area contributed by atoms with Crippen LogP contribution in [0.4, 0.5) is 4.39 Å². The van der Waals surface area contributed by atoms with Gasteiger partial charge >= 0.3 is 0 Å². The van der Waals surface area contributed by atoms with Crippen molar-refractivity contribution < 1.29 is 4.39 Å². The Hall–Kier alpha value is -0.890. The van der Waals surface area contributed by atoms with Gasteiger partial charge in [0.25, 0.3) is 0 Å². The van der Waals surface area contributed by atoms with Gasteiger partial charge in [0.1, 0.15) is 5.82 Å². The van der Waals surface area contributed by atoms with Crippen LogP contribution in [0.2, 0.25) is 0 Å². The molecule has 1 N–H and O–H groups in total. The van der Waals surface area contributed by atoms with Gasteiger partial charge in [0, 0.05) is 6.04 Å². The van der Waals surface area contributed by atoms with Crippen molar-refractivity contribution in [3.8, 4) is 0 Å². The number of nitrogens with one attached hydrogen (secondary N) is 1. The number of hydrogen-bond donors (Lipinski definition) is 1. The Morgan fingerprint density at radius 1 is 1.35 bits per heavy atom. The monoisotopic (exact) mass is 277 g/mol. The van der Waals surface area contributed by atoms with Gasteiger partial charge in [-0.2, -0.15) is 0 Å². The third-order valence-corrected chi connectivity index (χ3v) is 5.19. The molecule has 1 fully saturated rings. The maximum atomic E-state index is 13.2. The molecule has 0 aromatic heterocycles. The minimum Gasteiger partial charge on any atom is -0.316 e. The van der Waals surface area contributed by atoms with Crippen LogP contribution >= 0.6 is 0 Å². The predicted octanol–water partition coefficient (Wildman–Crippen LogP) is 4.48. The Morgan fingerprint density at radius 2 is 2.10 bits per heavy atom. The highest BCUT2D eigenvalue weighted by atomic mass is 19.1. The molecule has 1 aliphatic rings. The second-order valence-electron chi connectivity index (χ2n) is 7.01. The van der Waals surface area contributed by atoms with Gasteiger partial charge in [-0.1, -0.05) is 32.8 Å². The second-order valence-corrected chi connectivity index (χ2v) is 7.01. The molecule has 0 amide bonds. The van der Waals surface area contributed by atoms with E-state index in [0.29, 0.717) is 17.4 Å². The van der Waals surface area contributed by atoms with Gasteiger partial charge in [0.15, 0.2) is 0 Å². The summed E-state index contributed by atoms with van der Waals surface area (Å²) < 4.78 is 13.2. The predicted molar refractivity (Wildman–Crippen MR) is 83.4 cm³/mol. The molecular weight excluding hydrogens is 249 g/mol. The van der Waals surface area contributed by atoms with Crippen molar-refractivity contribution in [3.05, 3.63) is 35.1 Å². The van der Waals surface area contributed by atoms with Gasteiger partial charge in [0.2, 0.25) is 0 Å². The molecule has 0 spiro atoms. The first-order valence-corrected chi connectivity index (χ1v) is 7.86. The minimum atomic E-state index is -0.134. The summed E-state index contributed by atoms with van der Waals surface area (Å²) in [4.78, 5) is 0. The van der Waals surface area contributed by atoms with Crippen LogP contribution in [0.3, 0.4) is 0 Å². The zero-order valence-electron chi connectivity index (χ0n) is 13.3. The van der Waals surface area contributed by atoms with Crippen LogP contribution in [0.1, 0.15) is 50.7 Å². The smallest absolute Gasteiger partial charge is 0.123 e. The molecule has 1 aromatic carbocycles. The van der Waals surface area contributed by atoms with Gasteiger partial charge < -0.3 is 5.32 Å². The number of aryl methyl sites for hydroxylation is 1. The number of likely N-dealkylation sites (N-methyl/N-ethyl adjacent to an activating group) is 1. The molecule has 0 saturated heterocycles. The van der Waals surface area contributed by atoms with E-state index < -0.39 is 0 Å². The normalized spacial score (nSPS) is 23.6. The summed E-state index contributed by atoms with van der Waals surface area (Å²) in [6.45, 7) is 6.81.